The van der Waals surface area contributed by atoms with Gasteiger partial charge in [-0.25, -0.2) is 0 Å². The number of hydrogen-bond acceptors (Lipinski definition) is 1. The Hall–Kier alpha value is -0.790. The predicted octanol–water partition coefficient (Wildman–Crippen LogP) is 4.65. The van der Waals surface area contributed by atoms with Crippen LogP contribution in [0.2, 0.25) is 0 Å². The molecule has 18 heavy (non-hydrogen) atoms. The van der Waals surface area contributed by atoms with E-state index < -0.39 is 5.97 Å². The molecule has 0 radical (unpaired) electrons. The number of rotatable bonds is 7. The lowest BCUT2D eigenvalue weighted by molar-refractivity contribution is -0.143. The van der Waals surface area contributed by atoms with Gasteiger partial charge >= 0.3 is 5.97 Å². The van der Waals surface area contributed by atoms with E-state index in [1.165, 1.54) is 38.5 Å². The van der Waals surface area contributed by atoms with E-state index in [0.29, 0.717) is 6.42 Å². The van der Waals surface area contributed by atoms with Crippen molar-refractivity contribution in [1.29, 1.82) is 0 Å². The van der Waals surface area contributed by atoms with Crippen molar-refractivity contribution in [3.63, 3.8) is 0 Å². The first-order chi connectivity index (χ1) is 8.61. The molecule has 0 aromatic heterocycles. The second kappa shape index (κ2) is 8.34. The van der Waals surface area contributed by atoms with Gasteiger partial charge in [0.1, 0.15) is 0 Å². The van der Waals surface area contributed by atoms with E-state index in [2.05, 4.69) is 12.2 Å². The average Bonchev–Trinajstić information content (AvgIpc) is 2.34. The van der Waals surface area contributed by atoms with E-state index in [4.69, 9.17) is 5.11 Å². The van der Waals surface area contributed by atoms with Crippen LogP contribution >= 0.6 is 0 Å². The smallest absolute Gasteiger partial charge is 0.307 e. The summed E-state index contributed by atoms with van der Waals surface area (Å²) < 4.78 is 0. The molecule has 0 saturated heterocycles. The number of carbonyl (C=O) groups is 1. The van der Waals surface area contributed by atoms with E-state index in [9.17, 15) is 4.79 Å². The topological polar surface area (TPSA) is 37.3 Å². The number of hydrogen-bond donors (Lipinski definition) is 1. The van der Waals surface area contributed by atoms with Crippen molar-refractivity contribution in [3.8, 4) is 0 Å². The van der Waals surface area contributed by atoms with E-state index in [0.717, 1.165) is 12.3 Å². The Kier molecular flexibility index (Phi) is 7.07. The molecule has 104 valence electrons. The molecular weight excluding hydrogens is 224 g/mol. The van der Waals surface area contributed by atoms with Gasteiger partial charge in [-0.2, -0.15) is 0 Å². The molecule has 0 spiro atoms. The summed E-state index contributed by atoms with van der Waals surface area (Å²) in [6.45, 7) is 3.96. The summed E-state index contributed by atoms with van der Waals surface area (Å²) in [5.74, 6) is 0.243. The molecule has 0 aliphatic heterocycles. The summed E-state index contributed by atoms with van der Waals surface area (Å²) >= 11 is 0. The number of aliphatic carboxylic acids is 1. The van der Waals surface area contributed by atoms with Crippen molar-refractivity contribution in [2.45, 2.75) is 65.2 Å². The third kappa shape index (κ3) is 5.70. The van der Waals surface area contributed by atoms with E-state index in [1.54, 1.807) is 0 Å². The first-order valence-electron chi connectivity index (χ1n) is 7.49. The molecule has 0 heterocycles. The molecular formula is C16H28O2. The molecule has 2 heteroatoms. The minimum absolute atomic E-state index is 0.213. The quantitative estimate of drug-likeness (QED) is 0.670. The molecule has 1 unspecified atom stereocenters. The minimum atomic E-state index is -0.665. The lowest BCUT2D eigenvalue weighted by atomic mass is 9.86. The average molecular weight is 252 g/mol. The van der Waals surface area contributed by atoms with E-state index >= 15 is 0 Å². The number of carboxylic acids is 1. The molecule has 1 saturated carbocycles. The number of carboxylic acid groups (broad SMARTS) is 1. The Labute approximate surface area is 111 Å². The van der Waals surface area contributed by atoms with Gasteiger partial charge in [0.15, 0.2) is 0 Å². The summed E-state index contributed by atoms with van der Waals surface area (Å²) in [5.41, 5.74) is 0. The fourth-order valence-corrected chi connectivity index (χ4v) is 2.83. The molecule has 0 bridgehead atoms. The minimum Gasteiger partial charge on any atom is -0.481 e. The normalized spacial score (nSPS) is 19.5. The Bertz CT molecular complexity index is 262. The highest BCUT2D eigenvalue weighted by molar-refractivity contribution is 5.70. The maximum Gasteiger partial charge on any atom is 0.307 e. The maximum absolute atomic E-state index is 11.0. The molecule has 2 nitrogen and oxygen atoms in total. The Morgan fingerprint density at radius 3 is 2.44 bits per heavy atom. The third-order valence-electron chi connectivity index (χ3n) is 4.14. The zero-order valence-corrected chi connectivity index (χ0v) is 11.9. The Balaban J connectivity index is 2.17. The standard InChI is InChI=1S/C16H28O2/c1-13(2)15(16(17)18)12-8-4-7-11-14-9-5-3-6-10-14/h4,8,13-15H,3,5-7,9-12H2,1-2H3,(H,17,18)/b8-4+. The lowest BCUT2D eigenvalue weighted by Gasteiger charge is -2.20. The van der Waals surface area contributed by atoms with Gasteiger partial charge in [0.05, 0.1) is 5.92 Å². The molecule has 0 aromatic rings. The van der Waals surface area contributed by atoms with Crippen LogP contribution in [-0.2, 0) is 4.79 Å². The zero-order chi connectivity index (χ0) is 13.4. The largest absolute Gasteiger partial charge is 0.481 e. The van der Waals surface area contributed by atoms with Crippen molar-refractivity contribution in [2.24, 2.45) is 17.8 Å². The highest BCUT2D eigenvalue weighted by atomic mass is 16.4. The SMILES string of the molecule is CC(C)C(C/C=C/CCC1CCCCC1)C(=O)O. The molecule has 1 fully saturated rings. The van der Waals surface area contributed by atoms with Crippen molar-refractivity contribution in [1.82, 2.24) is 0 Å². The van der Waals surface area contributed by atoms with Crippen LogP contribution in [0.25, 0.3) is 0 Å². The van der Waals surface area contributed by atoms with Crippen LogP contribution in [0.4, 0.5) is 0 Å². The molecule has 1 N–H and O–H groups in total. The highest BCUT2D eigenvalue weighted by Crippen LogP contribution is 2.27. The molecule has 0 aromatic carbocycles. The van der Waals surface area contributed by atoms with Crippen molar-refractivity contribution >= 4 is 5.97 Å². The summed E-state index contributed by atoms with van der Waals surface area (Å²) in [7, 11) is 0. The second-order valence-corrected chi connectivity index (χ2v) is 5.98. The molecule has 0 amide bonds. The van der Waals surface area contributed by atoms with Crippen LogP contribution in [0, 0.1) is 17.8 Å². The van der Waals surface area contributed by atoms with Crippen LogP contribution < -0.4 is 0 Å². The Morgan fingerprint density at radius 1 is 1.22 bits per heavy atom. The summed E-state index contributed by atoms with van der Waals surface area (Å²) in [4.78, 5) is 11.0. The van der Waals surface area contributed by atoms with Gasteiger partial charge in [-0.3, -0.25) is 4.79 Å². The zero-order valence-electron chi connectivity index (χ0n) is 11.9. The highest BCUT2D eigenvalue weighted by Gasteiger charge is 2.19. The van der Waals surface area contributed by atoms with E-state index in [1.807, 2.05) is 13.8 Å². The summed E-state index contributed by atoms with van der Waals surface area (Å²) in [6, 6.07) is 0. The van der Waals surface area contributed by atoms with Crippen LogP contribution in [0.5, 0.6) is 0 Å². The van der Waals surface area contributed by atoms with E-state index in [-0.39, 0.29) is 11.8 Å². The second-order valence-electron chi connectivity index (χ2n) is 5.98. The first kappa shape index (κ1) is 15.3. The predicted molar refractivity (Wildman–Crippen MR) is 75.5 cm³/mol. The Morgan fingerprint density at radius 2 is 1.89 bits per heavy atom. The van der Waals surface area contributed by atoms with Gasteiger partial charge in [0.2, 0.25) is 0 Å². The molecule has 1 rings (SSSR count). The van der Waals surface area contributed by atoms with Gasteiger partial charge in [-0.05, 0) is 31.1 Å². The fraction of sp³-hybridized carbons (Fsp3) is 0.812. The van der Waals surface area contributed by atoms with Crippen LogP contribution in [-0.4, -0.2) is 11.1 Å². The van der Waals surface area contributed by atoms with Gasteiger partial charge in [0.25, 0.3) is 0 Å². The van der Waals surface area contributed by atoms with Crippen molar-refractivity contribution in [2.75, 3.05) is 0 Å². The lowest BCUT2D eigenvalue weighted by Crippen LogP contribution is -2.18. The van der Waals surface area contributed by atoms with Crippen LogP contribution in [0.3, 0.4) is 0 Å². The monoisotopic (exact) mass is 252 g/mol. The maximum atomic E-state index is 11.0. The van der Waals surface area contributed by atoms with Crippen molar-refractivity contribution in [3.05, 3.63) is 12.2 Å². The van der Waals surface area contributed by atoms with Gasteiger partial charge in [-0.15, -0.1) is 0 Å². The summed E-state index contributed by atoms with van der Waals surface area (Å²) in [6.07, 6.45) is 14.4. The van der Waals surface area contributed by atoms with Crippen LogP contribution in [0.1, 0.15) is 65.2 Å². The van der Waals surface area contributed by atoms with Crippen LogP contribution in [0.15, 0.2) is 12.2 Å². The number of allylic oxidation sites excluding steroid dienone is 2. The first-order valence-corrected chi connectivity index (χ1v) is 7.49. The van der Waals surface area contributed by atoms with Gasteiger partial charge < -0.3 is 5.11 Å². The van der Waals surface area contributed by atoms with Crippen molar-refractivity contribution < 1.29 is 9.90 Å². The van der Waals surface area contributed by atoms with Gasteiger partial charge in [0, 0.05) is 0 Å². The fourth-order valence-electron chi connectivity index (χ4n) is 2.83. The summed E-state index contributed by atoms with van der Waals surface area (Å²) in [5, 5.41) is 9.07. The third-order valence-corrected chi connectivity index (χ3v) is 4.14. The molecule has 1 aliphatic rings. The molecule has 1 atom stereocenters. The molecule has 1 aliphatic carbocycles. The van der Waals surface area contributed by atoms with Gasteiger partial charge in [-0.1, -0.05) is 58.1 Å².